The third-order valence-electron chi connectivity index (χ3n) is 4.72. The van der Waals surface area contributed by atoms with Crippen molar-refractivity contribution in [3.8, 4) is 22.4 Å². The number of aromatic nitrogens is 3. The van der Waals surface area contributed by atoms with Gasteiger partial charge in [-0.05, 0) is 35.4 Å². The van der Waals surface area contributed by atoms with Gasteiger partial charge in [-0.15, -0.1) is 0 Å². The summed E-state index contributed by atoms with van der Waals surface area (Å²) in [6.07, 6.45) is 3.75. The maximum atomic E-state index is 13.9. The number of pyridine rings is 1. The quantitative estimate of drug-likeness (QED) is 0.768. The first-order valence-corrected chi connectivity index (χ1v) is 8.95. The molecule has 0 aliphatic carbocycles. The Balaban J connectivity index is 1.82. The molecule has 1 aliphatic rings. The van der Waals surface area contributed by atoms with Gasteiger partial charge >= 0.3 is 0 Å². The number of nitrogens with one attached hydrogen (secondary N) is 1. The summed E-state index contributed by atoms with van der Waals surface area (Å²) in [6.45, 7) is 2.98. The van der Waals surface area contributed by atoms with Crippen LogP contribution in [0.5, 0.6) is 0 Å². The zero-order valence-electron chi connectivity index (χ0n) is 15.4. The second-order valence-electron chi connectivity index (χ2n) is 6.55. The maximum absolute atomic E-state index is 13.9. The molecule has 1 saturated heterocycles. The lowest BCUT2D eigenvalue weighted by Gasteiger charge is -2.28. The number of rotatable bonds is 4. The SMILES string of the molecule is CNc1cc(-c2cc(-c3cnn(C)c3)nc(N3CCOCC3)c2)ccc1F. The molecule has 0 radical (unpaired) electrons. The monoisotopic (exact) mass is 367 g/mol. The van der Waals surface area contributed by atoms with Gasteiger partial charge in [-0.1, -0.05) is 6.07 Å². The van der Waals surface area contributed by atoms with Gasteiger partial charge in [0.05, 0.1) is 30.8 Å². The van der Waals surface area contributed by atoms with Crippen LogP contribution in [0.3, 0.4) is 0 Å². The summed E-state index contributed by atoms with van der Waals surface area (Å²) in [5.74, 6) is 0.626. The van der Waals surface area contributed by atoms with Crippen molar-refractivity contribution >= 4 is 11.5 Å². The van der Waals surface area contributed by atoms with Crippen LogP contribution in [-0.4, -0.2) is 48.1 Å². The van der Waals surface area contributed by atoms with Crippen LogP contribution in [0.1, 0.15) is 0 Å². The number of ether oxygens (including phenoxy) is 1. The van der Waals surface area contributed by atoms with Gasteiger partial charge in [0.1, 0.15) is 11.6 Å². The topological polar surface area (TPSA) is 55.2 Å². The van der Waals surface area contributed by atoms with Crippen LogP contribution in [0, 0.1) is 5.82 Å². The van der Waals surface area contributed by atoms with E-state index >= 15 is 0 Å². The predicted octanol–water partition coefficient (Wildman–Crippen LogP) is 3.17. The lowest BCUT2D eigenvalue weighted by atomic mass is 10.0. The molecule has 3 aromatic rings. The van der Waals surface area contributed by atoms with Crippen molar-refractivity contribution in [3.63, 3.8) is 0 Å². The van der Waals surface area contributed by atoms with Gasteiger partial charge in [-0.3, -0.25) is 4.68 Å². The number of nitrogens with zero attached hydrogens (tertiary/aromatic N) is 4. The van der Waals surface area contributed by atoms with Gasteiger partial charge in [0.25, 0.3) is 0 Å². The van der Waals surface area contributed by atoms with Gasteiger partial charge in [0.15, 0.2) is 0 Å². The molecule has 140 valence electrons. The molecule has 0 spiro atoms. The molecule has 3 heterocycles. The van der Waals surface area contributed by atoms with Crippen LogP contribution in [-0.2, 0) is 11.8 Å². The Kier molecular flexibility index (Phi) is 4.77. The molecule has 0 bridgehead atoms. The van der Waals surface area contributed by atoms with E-state index < -0.39 is 0 Å². The van der Waals surface area contributed by atoms with Gasteiger partial charge in [0, 0.05) is 38.9 Å². The molecule has 7 heteroatoms. The number of halogens is 1. The first-order chi connectivity index (χ1) is 13.1. The number of morpholine rings is 1. The van der Waals surface area contributed by atoms with Crippen LogP contribution >= 0.6 is 0 Å². The van der Waals surface area contributed by atoms with E-state index in [1.165, 1.54) is 6.07 Å². The molecule has 4 rings (SSSR count). The van der Waals surface area contributed by atoms with E-state index in [2.05, 4.69) is 21.4 Å². The molecule has 0 saturated carbocycles. The summed E-state index contributed by atoms with van der Waals surface area (Å²) < 4.78 is 21.1. The minimum absolute atomic E-state index is 0.267. The maximum Gasteiger partial charge on any atom is 0.146 e. The van der Waals surface area contributed by atoms with E-state index in [1.54, 1.807) is 24.0 Å². The highest BCUT2D eigenvalue weighted by atomic mass is 19.1. The highest BCUT2D eigenvalue weighted by Gasteiger charge is 2.16. The number of aryl methyl sites for hydroxylation is 1. The van der Waals surface area contributed by atoms with Crippen molar-refractivity contribution in [3.05, 3.63) is 48.5 Å². The van der Waals surface area contributed by atoms with Crippen molar-refractivity contribution in [1.29, 1.82) is 0 Å². The first-order valence-electron chi connectivity index (χ1n) is 8.95. The smallest absolute Gasteiger partial charge is 0.146 e. The summed E-state index contributed by atoms with van der Waals surface area (Å²) in [5, 5.41) is 7.16. The van der Waals surface area contributed by atoms with Gasteiger partial charge in [-0.25, -0.2) is 9.37 Å². The zero-order valence-corrected chi connectivity index (χ0v) is 15.4. The van der Waals surface area contributed by atoms with Gasteiger partial charge in [0.2, 0.25) is 0 Å². The third-order valence-corrected chi connectivity index (χ3v) is 4.72. The molecular formula is C20H22FN5O. The van der Waals surface area contributed by atoms with Crippen LogP contribution < -0.4 is 10.2 Å². The number of hydrogen-bond donors (Lipinski definition) is 1. The molecule has 1 aromatic carbocycles. The lowest BCUT2D eigenvalue weighted by molar-refractivity contribution is 0.122. The summed E-state index contributed by atoms with van der Waals surface area (Å²) in [4.78, 5) is 7.07. The predicted molar refractivity (Wildman–Crippen MR) is 104 cm³/mol. The molecule has 6 nitrogen and oxygen atoms in total. The van der Waals surface area contributed by atoms with Crippen LogP contribution in [0.2, 0.25) is 0 Å². The van der Waals surface area contributed by atoms with E-state index in [4.69, 9.17) is 9.72 Å². The molecule has 0 unspecified atom stereocenters. The van der Waals surface area contributed by atoms with E-state index in [0.29, 0.717) is 18.9 Å². The van der Waals surface area contributed by atoms with Crippen molar-refractivity contribution in [2.45, 2.75) is 0 Å². The molecule has 0 amide bonds. The molecule has 0 atom stereocenters. The fraction of sp³-hybridized carbons (Fsp3) is 0.300. The first kappa shape index (κ1) is 17.5. The summed E-state index contributed by atoms with van der Waals surface area (Å²) in [6, 6.07) is 9.17. The van der Waals surface area contributed by atoms with E-state index in [-0.39, 0.29) is 5.82 Å². The normalized spacial score (nSPS) is 14.4. The summed E-state index contributed by atoms with van der Waals surface area (Å²) in [5.41, 5.74) is 4.19. The second kappa shape index (κ2) is 7.36. The third kappa shape index (κ3) is 3.64. The minimum Gasteiger partial charge on any atom is -0.386 e. The standard InChI is InChI=1S/C20H22FN5O/c1-22-19-9-14(3-4-17(19)21)15-10-18(16-12-23-25(2)13-16)24-20(11-15)26-5-7-27-8-6-26/h3-4,9-13,22H,5-8H2,1-2H3. The molecule has 1 aliphatic heterocycles. The average molecular weight is 367 g/mol. The van der Waals surface area contributed by atoms with Crippen molar-refractivity contribution in [1.82, 2.24) is 14.8 Å². The highest BCUT2D eigenvalue weighted by molar-refractivity contribution is 5.75. The number of benzene rings is 1. The molecule has 2 aromatic heterocycles. The fourth-order valence-electron chi connectivity index (χ4n) is 3.23. The summed E-state index contributed by atoms with van der Waals surface area (Å²) in [7, 11) is 3.60. The Morgan fingerprint density at radius 1 is 1.07 bits per heavy atom. The van der Waals surface area contributed by atoms with Crippen molar-refractivity contribution in [2.24, 2.45) is 7.05 Å². The second-order valence-corrected chi connectivity index (χ2v) is 6.55. The number of anilines is 2. The van der Waals surface area contributed by atoms with Crippen molar-refractivity contribution in [2.75, 3.05) is 43.6 Å². The van der Waals surface area contributed by atoms with E-state index in [0.717, 1.165) is 41.3 Å². The fourth-order valence-corrected chi connectivity index (χ4v) is 3.23. The minimum atomic E-state index is -0.267. The molecule has 1 N–H and O–H groups in total. The Morgan fingerprint density at radius 3 is 2.59 bits per heavy atom. The van der Waals surface area contributed by atoms with Gasteiger partial charge in [-0.2, -0.15) is 5.10 Å². The zero-order chi connectivity index (χ0) is 18.8. The van der Waals surface area contributed by atoms with Crippen LogP contribution in [0.4, 0.5) is 15.9 Å². The Labute approximate surface area is 157 Å². The highest BCUT2D eigenvalue weighted by Crippen LogP contribution is 2.31. The largest absolute Gasteiger partial charge is 0.386 e. The average Bonchev–Trinajstić information content (AvgIpc) is 3.15. The lowest BCUT2D eigenvalue weighted by Crippen LogP contribution is -2.36. The molecule has 27 heavy (non-hydrogen) atoms. The van der Waals surface area contributed by atoms with Crippen LogP contribution in [0.25, 0.3) is 22.4 Å². The Morgan fingerprint density at radius 2 is 1.89 bits per heavy atom. The van der Waals surface area contributed by atoms with Crippen molar-refractivity contribution < 1.29 is 9.13 Å². The van der Waals surface area contributed by atoms with Crippen LogP contribution in [0.15, 0.2) is 42.7 Å². The Hall–Kier alpha value is -2.93. The Bertz CT molecular complexity index is 949. The van der Waals surface area contributed by atoms with E-state index in [9.17, 15) is 4.39 Å². The van der Waals surface area contributed by atoms with E-state index in [1.807, 2.05) is 25.4 Å². The molecular weight excluding hydrogens is 345 g/mol. The number of hydrogen-bond acceptors (Lipinski definition) is 5. The van der Waals surface area contributed by atoms with Gasteiger partial charge < -0.3 is 15.0 Å². The summed E-state index contributed by atoms with van der Waals surface area (Å²) >= 11 is 0. The molecule has 1 fully saturated rings.